The number of carboxylic acids is 1. The van der Waals surface area contributed by atoms with Gasteiger partial charge in [-0.25, -0.2) is 0 Å². The molecule has 2 saturated heterocycles. The first-order valence-electron chi connectivity index (χ1n) is 8.87. The van der Waals surface area contributed by atoms with Gasteiger partial charge in [0.25, 0.3) is 0 Å². The molecule has 23 heavy (non-hydrogen) atoms. The molecule has 0 radical (unpaired) electrons. The number of carbonyl (C=O) groups is 3. The number of rotatable bonds is 3. The molecule has 6 nitrogen and oxygen atoms in total. The van der Waals surface area contributed by atoms with Crippen LogP contribution in [0.2, 0.25) is 0 Å². The number of carboxylic acid groups (broad SMARTS) is 1. The molecule has 2 aliphatic heterocycles. The van der Waals surface area contributed by atoms with Crippen molar-refractivity contribution >= 4 is 17.8 Å². The van der Waals surface area contributed by atoms with Crippen LogP contribution in [0.25, 0.3) is 0 Å². The Morgan fingerprint density at radius 1 is 0.957 bits per heavy atom. The Hall–Kier alpha value is -1.59. The Bertz CT molecular complexity index is 487. The van der Waals surface area contributed by atoms with E-state index in [4.69, 9.17) is 5.11 Å². The molecule has 0 aromatic heterocycles. The number of hydrogen-bond acceptors (Lipinski definition) is 3. The van der Waals surface area contributed by atoms with E-state index in [1.54, 1.807) is 4.90 Å². The molecule has 2 amide bonds. The van der Waals surface area contributed by atoms with Gasteiger partial charge in [0.2, 0.25) is 11.8 Å². The van der Waals surface area contributed by atoms with Crippen LogP contribution in [0.3, 0.4) is 0 Å². The first kappa shape index (κ1) is 16.3. The molecule has 0 unspecified atom stereocenters. The highest BCUT2D eigenvalue weighted by atomic mass is 16.4. The van der Waals surface area contributed by atoms with E-state index in [1.165, 1.54) is 19.3 Å². The van der Waals surface area contributed by atoms with E-state index in [1.807, 2.05) is 4.90 Å². The van der Waals surface area contributed by atoms with Crippen molar-refractivity contribution in [1.29, 1.82) is 0 Å². The molecule has 1 saturated carbocycles. The minimum atomic E-state index is -0.825. The molecule has 1 N–H and O–H groups in total. The van der Waals surface area contributed by atoms with Crippen LogP contribution in [0.4, 0.5) is 0 Å². The predicted molar refractivity (Wildman–Crippen MR) is 83.6 cm³/mol. The molecule has 0 bridgehead atoms. The fourth-order valence-corrected chi connectivity index (χ4v) is 4.28. The van der Waals surface area contributed by atoms with Gasteiger partial charge in [0.1, 0.15) is 0 Å². The van der Waals surface area contributed by atoms with E-state index in [2.05, 4.69) is 0 Å². The van der Waals surface area contributed by atoms with Gasteiger partial charge in [0.05, 0.1) is 11.8 Å². The monoisotopic (exact) mass is 322 g/mol. The number of aliphatic carboxylic acids is 1. The number of piperidine rings is 1. The number of hydrogen-bond donors (Lipinski definition) is 1. The van der Waals surface area contributed by atoms with Gasteiger partial charge in [-0.15, -0.1) is 0 Å². The van der Waals surface area contributed by atoms with Crippen LogP contribution in [0, 0.1) is 11.8 Å². The summed E-state index contributed by atoms with van der Waals surface area (Å²) in [5, 5.41) is 9.16. The Morgan fingerprint density at radius 3 is 2.39 bits per heavy atom. The summed E-state index contributed by atoms with van der Waals surface area (Å²) in [6, 6.07) is 0.308. The van der Waals surface area contributed by atoms with Crippen molar-refractivity contribution in [3.8, 4) is 0 Å². The molecule has 128 valence electrons. The van der Waals surface area contributed by atoms with E-state index in [0.717, 1.165) is 19.3 Å². The molecule has 2 heterocycles. The predicted octanol–water partition coefficient (Wildman–Crippen LogP) is 1.49. The largest absolute Gasteiger partial charge is 0.481 e. The molecular weight excluding hydrogens is 296 g/mol. The maximum absolute atomic E-state index is 12.7. The van der Waals surface area contributed by atoms with Crippen LogP contribution in [0.15, 0.2) is 0 Å². The Kier molecular flexibility index (Phi) is 4.87. The van der Waals surface area contributed by atoms with Gasteiger partial charge in [0, 0.05) is 32.1 Å². The van der Waals surface area contributed by atoms with Crippen LogP contribution < -0.4 is 0 Å². The molecule has 3 fully saturated rings. The summed E-state index contributed by atoms with van der Waals surface area (Å²) in [5.74, 6) is -1.49. The van der Waals surface area contributed by atoms with Crippen molar-refractivity contribution < 1.29 is 19.5 Å². The van der Waals surface area contributed by atoms with Crippen LogP contribution in [-0.4, -0.2) is 58.4 Å². The lowest BCUT2D eigenvalue weighted by Gasteiger charge is -2.33. The first-order chi connectivity index (χ1) is 11.1. The van der Waals surface area contributed by atoms with Crippen molar-refractivity contribution in [2.75, 3.05) is 19.6 Å². The van der Waals surface area contributed by atoms with E-state index in [-0.39, 0.29) is 17.7 Å². The normalized spacial score (nSPS) is 29.8. The Labute approximate surface area is 136 Å². The Morgan fingerprint density at radius 2 is 1.70 bits per heavy atom. The van der Waals surface area contributed by atoms with Gasteiger partial charge in [0.15, 0.2) is 0 Å². The SMILES string of the molecule is O=C(O)[C@H]1CCCN(C(=O)[C@@H]2CC(=O)N(C3CCCCC3)C2)C1. The smallest absolute Gasteiger partial charge is 0.308 e. The molecule has 1 aliphatic carbocycles. The fraction of sp³-hybridized carbons (Fsp3) is 0.824. The van der Waals surface area contributed by atoms with Crippen molar-refractivity contribution in [3.63, 3.8) is 0 Å². The van der Waals surface area contributed by atoms with Crippen molar-refractivity contribution in [1.82, 2.24) is 9.80 Å². The molecule has 0 aromatic carbocycles. The van der Waals surface area contributed by atoms with Crippen LogP contribution >= 0.6 is 0 Å². The van der Waals surface area contributed by atoms with E-state index in [0.29, 0.717) is 38.5 Å². The maximum Gasteiger partial charge on any atom is 0.308 e. The number of amides is 2. The van der Waals surface area contributed by atoms with E-state index < -0.39 is 11.9 Å². The van der Waals surface area contributed by atoms with Crippen molar-refractivity contribution in [2.45, 2.75) is 57.4 Å². The van der Waals surface area contributed by atoms with Gasteiger partial charge >= 0.3 is 5.97 Å². The lowest BCUT2D eigenvalue weighted by molar-refractivity contribution is -0.146. The highest BCUT2D eigenvalue weighted by Gasteiger charge is 2.40. The van der Waals surface area contributed by atoms with Gasteiger partial charge < -0.3 is 14.9 Å². The quantitative estimate of drug-likeness (QED) is 0.854. The third-order valence-electron chi connectivity index (χ3n) is 5.61. The Balaban J connectivity index is 1.60. The van der Waals surface area contributed by atoms with Crippen LogP contribution in [-0.2, 0) is 14.4 Å². The third kappa shape index (κ3) is 3.51. The topological polar surface area (TPSA) is 77.9 Å². The van der Waals surface area contributed by atoms with Crippen LogP contribution in [0.1, 0.15) is 51.4 Å². The zero-order chi connectivity index (χ0) is 16.4. The highest BCUT2D eigenvalue weighted by Crippen LogP contribution is 2.30. The summed E-state index contributed by atoms with van der Waals surface area (Å²) in [7, 11) is 0. The molecule has 3 rings (SSSR count). The van der Waals surface area contributed by atoms with Gasteiger partial charge in [-0.1, -0.05) is 19.3 Å². The molecule has 0 aromatic rings. The first-order valence-corrected chi connectivity index (χ1v) is 8.87. The van der Waals surface area contributed by atoms with E-state index >= 15 is 0 Å². The zero-order valence-corrected chi connectivity index (χ0v) is 13.6. The molecular formula is C17H26N2O4. The lowest BCUT2D eigenvalue weighted by atomic mass is 9.94. The molecule has 2 atom stereocenters. The summed E-state index contributed by atoms with van der Waals surface area (Å²) >= 11 is 0. The molecule has 3 aliphatic rings. The van der Waals surface area contributed by atoms with Crippen molar-refractivity contribution in [3.05, 3.63) is 0 Å². The second kappa shape index (κ2) is 6.89. The standard InChI is InChI=1S/C17H26N2O4/c20-15-9-13(11-19(15)14-6-2-1-3-7-14)16(21)18-8-4-5-12(10-18)17(22)23/h12-14H,1-11H2,(H,22,23)/t12-,13+/m0/s1. The summed E-state index contributed by atoms with van der Waals surface area (Å²) in [4.78, 5) is 39.7. The summed E-state index contributed by atoms with van der Waals surface area (Å²) in [6.07, 6.45) is 7.34. The number of nitrogens with zero attached hydrogens (tertiary/aromatic N) is 2. The van der Waals surface area contributed by atoms with Gasteiger partial charge in [-0.05, 0) is 25.7 Å². The average Bonchev–Trinajstić information content (AvgIpc) is 2.97. The number of carbonyl (C=O) groups excluding carboxylic acids is 2. The average molecular weight is 322 g/mol. The zero-order valence-electron chi connectivity index (χ0n) is 13.6. The summed E-state index contributed by atoms with van der Waals surface area (Å²) < 4.78 is 0. The molecule has 0 spiro atoms. The summed E-state index contributed by atoms with van der Waals surface area (Å²) in [6.45, 7) is 1.44. The number of likely N-dealkylation sites (tertiary alicyclic amines) is 2. The van der Waals surface area contributed by atoms with E-state index in [9.17, 15) is 14.4 Å². The van der Waals surface area contributed by atoms with Gasteiger partial charge in [-0.2, -0.15) is 0 Å². The van der Waals surface area contributed by atoms with Crippen LogP contribution in [0.5, 0.6) is 0 Å². The third-order valence-corrected chi connectivity index (χ3v) is 5.61. The minimum Gasteiger partial charge on any atom is -0.481 e. The lowest BCUT2D eigenvalue weighted by Crippen LogP contribution is -2.45. The second-order valence-corrected chi connectivity index (χ2v) is 7.20. The highest BCUT2D eigenvalue weighted by molar-refractivity contribution is 5.89. The summed E-state index contributed by atoms with van der Waals surface area (Å²) in [5.41, 5.74) is 0. The second-order valence-electron chi connectivity index (χ2n) is 7.20. The van der Waals surface area contributed by atoms with Crippen molar-refractivity contribution in [2.24, 2.45) is 11.8 Å². The maximum atomic E-state index is 12.7. The molecule has 6 heteroatoms. The fourth-order valence-electron chi connectivity index (χ4n) is 4.28. The van der Waals surface area contributed by atoms with Gasteiger partial charge in [-0.3, -0.25) is 14.4 Å². The minimum absolute atomic E-state index is 0.0254.